The monoisotopic (exact) mass is 286 g/mol. The largest absolute Gasteiger partial charge is 0.491 e. The van der Waals surface area contributed by atoms with Crippen LogP contribution in [0.2, 0.25) is 0 Å². The van der Waals surface area contributed by atoms with Gasteiger partial charge in [0.15, 0.2) is 0 Å². The van der Waals surface area contributed by atoms with Gasteiger partial charge < -0.3 is 15.8 Å². The molecular weight excluding hydrogens is 264 g/mol. The predicted octanol–water partition coefficient (Wildman–Crippen LogP) is 3.71. The quantitative estimate of drug-likeness (QED) is 0.876. The van der Waals surface area contributed by atoms with E-state index in [1.54, 1.807) is 0 Å². The summed E-state index contributed by atoms with van der Waals surface area (Å²) in [6.07, 6.45) is 1.64. The number of benzene rings is 1. The fraction of sp³-hybridized carbons (Fsp3) is 0.375. The van der Waals surface area contributed by atoms with Crippen LogP contribution in [0.4, 0.5) is 17.3 Å². The number of nitrogen functional groups attached to an aromatic ring is 1. The SMILES string of the molecule is CC(C)Oc1ccc(Nc2ncnc(N)c2C(C)C)cc1. The zero-order chi connectivity index (χ0) is 15.4. The number of nitrogens with one attached hydrogen (secondary N) is 1. The van der Waals surface area contributed by atoms with Crippen LogP contribution in [0.1, 0.15) is 39.2 Å². The van der Waals surface area contributed by atoms with Crippen LogP contribution < -0.4 is 15.8 Å². The Balaban J connectivity index is 2.20. The van der Waals surface area contributed by atoms with E-state index in [1.165, 1.54) is 6.33 Å². The second-order valence-corrected chi connectivity index (χ2v) is 5.49. The second-order valence-electron chi connectivity index (χ2n) is 5.49. The molecule has 2 rings (SSSR count). The van der Waals surface area contributed by atoms with Gasteiger partial charge in [-0.2, -0.15) is 0 Å². The summed E-state index contributed by atoms with van der Waals surface area (Å²) in [7, 11) is 0. The summed E-state index contributed by atoms with van der Waals surface area (Å²) in [5.41, 5.74) is 7.81. The lowest BCUT2D eigenvalue weighted by atomic mass is 10.0. The minimum Gasteiger partial charge on any atom is -0.491 e. The number of hydrogen-bond acceptors (Lipinski definition) is 5. The van der Waals surface area contributed by atoms with Crippen LogP contribution >= 0.6 is 0 Å². The van der Waals surface area contributed by atoms with E-state index in [1.807, 2.05) is 38.1 Å². The lowest BCUT2D eigenvalue weighted by Crippen LogP contribution is -2.07. The molecule has 0 radical (unpaired) electrons. The fourth-order valence-corrected chi connectivity index (χ4v) is 2.10. The normalized spacial score (nSPS) is 11.0. The topological polar surface area (TPSA) is 73.1 Å². The summed E-state index contributed by atoms with van der Waals surface area (Å²) in [5, 5.41) is 3.29. The van der Waals surface area contributed by atoms with Gasteiger partial charge >= 0.3 is 0 Å². The lowest BCUT2D eigenvalue weighted by molar-refractivity contribution is 0.242. The minimum absolute atomic E-state index is 0.165. The molecule has 0 aliphatic carbocycles. The Morgan fingerprint density at radius 3 is 2.29 bits per heavy atom. The summed E-state index contributed by atoms with van der Waals surface area (Å²) >= 11 is 0. The highest BCUT2D eigenvalue weighted by Gasteiger charge is 2.13. The van der Waals surface area contributed by atoms with Gasteiger partial charge in [-0.3, -0.25) is 0 Å². The zero-order valence-electron chi connectivity index (χ0n) is 12.9. The Hall–Kier alpha value is -2.30. The van der Waals surface area contributed by atoms with Crippen molar-refractivity contribution in [1.29, 1.82) is 0 Å². The third-order valence-corrected chi connectivity index (χ3v) is 2.98. The van der Waals surface area contributed by atoms with Crippen LogP contribution in [0.25, 0.3) is 0 Å². The predicted molar refractivity (Wildman–Crippen MR) is 86.0 cm³/mol. The molecule has 0 unspecified atom stereocenters. The molecule has 0 amide bonds. The van der Waals surface area contributed by atoms with E-state index in [4.69, 9.17) is 10.5 Å². The van der Waals surface area contributed by atoms with E-state index in [0.717, 1.165) is 22.8 Å². The third kappa shape index (κ3) is 3.84. The Morgan fingerprint density at radius 1 is 1.05 bits per heavy atom. The molecule has 0 atom stereocenters. The minimum atomic E-state index is 0.165. The maximum Gasteiger partial charge on any atom is 0.139 e. The maximum atomic E-state index is 5.94. The summed E-state index contributed by atoms with van der Waals surface area (Å²) in [5.74, 6) is 2.36. The Kier molecular flexibility index (Phi) is 4.62. The number of anilines is 3. The Bertz CT molecular complexity index is 594. The van der Waals surface area contributed by atoms with Gasteiger partial charge in [0.05, 0.1) is 6.10 Å². The molecule has 21 heavy (non-hydrogen) atoms. The summed E-state index contributed by atoms with van der Waals surface area (Å²) < 4.78 is 5.63. The number of rotatable bonds is 5. The number of aromatic nitrogens is 2. The van der Waals surface area contributed by atoms with Crippen molar-refractivity contribution in [2.45, 2.75) is 39.7 Å². The van der Waals surface area contributed by atoms with E-state index >= 15 is 0 Å². The molecule has 2 aromatic rings. The number of hydrogen-bond donors (Lipinski definition) is 2. The molecule has 5 nitrogen and oxygen atoms in total. The summed E-state index contributed by atoms with van der Waals surface area (Å²) in [4.78, 5) is 8.35. The molecule has 0 bridgehead atoms. The summed E-state index contributed by atoms with van der Waals surface area (Å²) in [6.45, 7) is 8.15. The molecule has 3 N–H and O–H groups in total. The van der Waals surface area contributed by atoms with Crippen LogP contribution in [0.15, 0.2) is 30.6 Å². The van der Waals surface area contributed by atoms with Crippen molar-refractivity contribution in [3.8, 4) is 5.75 Å². The molecule has 1 aromatic carbocycles. The lowest BCUT2D eigenvalue weighted by Gasteiger charge is -2.15. The van der Waals surface area contributed by atoms with Crippen molar-refractivity contribution in [1.82, 2.24) is 9.97 Å². The van der Waals surface area contributed by atoms with Crippen molar-refractivity contribution in [2.75, 3.05) is 11.1 Å². The molecular formula is C16H22N4O. The number of nitrogens with two attached hydrogens (primary N) is 1. The zero-order valence-corrected chi connectivity index (χ0v) is 12.9. The van der Waals surface area contributed by atoms with Gasteiger partial charge in [-0.1, -0.05) is 13.8 Å². The van der Waals surface area contributed by atoms with Gasteiger partial charge in [0.2, 0.25) is 0 Å². The van der Waals surface area contributed by atoms with Gasteiger partial charge in [-0.05, 0) is 44.0 Å². The summed E-state index contributed by atoms with van der Waals surface area (Å²) in [6, 6.07) is 7.78. The van der Waals surface area contributed by atoms with E-state index in [2.05, 4.69) is 29.1 Å². The first kappa shape index (κ1) is 15.1. The molecule has 5 heteroatoms. The molecule has 0 aliphatic rings. The van der Waals surface area contributed by atoms with Gasteiger partial charge in [0, 0.05) is 11.3 Å². The highest BCUT2D eigenvalue weighted by molar-refractivity contribution is 5.65. The van der Waals surface area contributed by atoms with Crippen LogP contribution in [-0.4, -0.2) is 16.1 Å². The molecule has 0 spiro atoms. The highest BCUT2D eigenvalue weighted by Crippen LogP contribution is 2.29. The Morgan fingerprint density at radius 2 is 1.71 bits per heavy atom. The van der Waals surface area contributed by atoms with Gasteiger partial charge in [0.25, 0.3) is 0 Å². The molecule has 0 fully saturated rings. The maximum absolute atomic E-state index is 5.94. The average Bonchev–Trinajstić information content (AvgIpc) is 2.40. The first-order valence-electron chi connectivity index (χ1n) is 7.11. The molecule has 0 saturated heterocycles. The number of ether oxygens (including phenoxy) is 1. The number of nitrogens with zero attached hydrogens (tertiary/aromatic N) is 2. The highest BCUT2D eigenvalue weighted by atomic mass is 16.5. The smallest absolute Gasteiger partial charge is 0.139 e. The molecule has 0 saturated carbocycles. The van der Waals surface area contributed by atoms with Gasteiger partial charge in [-0.15, -0.1) is 0 Å². The van der Waals surface area contributed by atoms with Crippen molar-refractivity contribution in [3.63, 3.8) is 0 Å². The first-order valence-corrected chi connectivity index (χ1v) is 7.11. The van der Waals surface area contributed by atoms with E-state index < -0.39 is 0 Å². The van der Waals surface area contributed by atoms with Gasteiger partial charge in [0.1, 0.15) is 23.7 Å². The first-order chi connectivity index (χ1) is 9.97. The van der Waals surface area contributed by atoms with E-state index in [0.29, 0.717) is 5.82 Å². The van der Waals surface area contributed by atoms with Crippen LogP contribution in [0.5, 0.6) is 5.75 Å². The average molecular weight is 286 g/mol. The van der Waals surface area contributed by atoms with E-state index in [9.17, 15) is 0 Å². The van der Waals surface area contributed by atoms with Crippen LogP contribution in [-0.2, 0) is 0 Å². The van der Waals surface area contributed by atoms with E-state index in [-0.39, 0.29) is 12.0 Å². The second kappa shape index (κ2) is 6.43. The molecule has 1 heterocycles. The van der Waals surface area contributed by atoms with Crippen molar-refractivity contribution in [2.24, 2.45) is 0 Å². The van der Waals surface area contributed by atoms with Crippen LogP contribution in [0.3, 0.4) is 0 Å². The Labute approximate surface area is 125 Å². The van der Waals surface area contributed by atoms with Crippen molar-refractivity contribution in [3.05, 3.63) is 36.2 Å². The van der Waals surface area contributed by atoms with Gasteiger partial charge in [-0.25, -0.2) is 9.97 Å². The standard InChI is InChI=1S/C16H22N4O/c1-10(2)14-15(17)18-9-19-16(14)20-12-5-7-13(8-6-12)21-11(3)4/h5-11H,1-4H3,(H3,17,18,19,20). The van der Waals surface area contributed by atoms with Crippen molar-refractivity contribution >= 4 is 17.3 Å². The third-order valence-electron chi connectivity index (χ3n) is 2.98. The molecule has 0 aliphatic heterocycles. The van der Waals surface area contributed by atoms with Crippen LogP contribution in [0, 0.1) is 0 Å². The molecule has 1 aromatic heterocycles. The van der Waals surface area contributed by atoms with Crippen molar-refractivity contribution < 1.29 is 4.74 Å². The molecule has 112 valence electrons. The fourth-order valence-electron chi connectivity index (χ4n) is 2.10.